The van der Waals surface area contributed by atoms with Crippen LogP contribution in [0.15, 0.2) is 66.7 Å². The van der Waals surface area contributed by atoms with Gasteiger partial charge in [-0.1, -0.05) is 0 Å². The van der Waals surface area contributed by atoms with Crippen molar-refractivity contribution >= 4 is 31.0 Å². The monoisotopic (exact) mass is 338 g/mol. The van der Waals surface area contributed by atoms with Crippen LogP contribution in [0.5, 0.6) is 0 Å². The van der Waals surface area contributed by atoms with Gasteiger partial charge in [0, 0.05) is 0 Å². The van der Waals surface area contributed by atoms with E-state index in [-0.39, 0.29) is 0 Å². The first kappa shape index (κ1) is 14.4. The predicted molar refractivity (Wildman–Crippen MR) is 82.2 cm³/mol. The molecule has 3 heteroatoms. The second-order valence-corrected chi connectivity index (χ2v) is 6.78. The van der Waals surface area contributed by atoms with Gasteiger partial charge in [0.2, 0.25) is 0 Å². The Hall–Kier alpha value is -1.05. The number of allylic oxidation sites excluding steroid dienone is 1. The number of aliphatic hydroxyl groups excluding tert-OH is 1. The average molecular weight is 338 g/mol. The molecule has 1 nitrogen and oxygen atoms in total. The van der Waals surface area contributed by atoms with Gasteiger partial charge in [0.25, 0.3) is 0 Å². The van der Waals surface area contributed by atoms with Crippen molar-refractivity contribution in [3.8, 4) is 0 Å². The molecule has 0 heterocycles. The zero-order chi connectivity index (χ0) is 13.5. The maximum absolute atomic E-state index is 9.99. The van der Waals surface area contributed by atoms with Crippen molar-refractivity contribution in [2.24, 2.45) is 0 Å². The van der Waals surface area contributed by atoms with E-state index in [4.69, 9.17) is 11.6 Å². The van der Waals surface area contributed by atoms with Crippen LogP contribution in [0, 0.1) is 0 Å². The summed E-state index contributed by atoms with van der Waals surface area (Å²) in [6.45, 7) is 0. The number of hydrogen-bond acceptors (Lipinski definition) is 1. The normalized spacial score (nSPS) is 12.7. The van der Waals surface area contributed by atoms with Gasteiger partial charge in [-0.05, 0) is 0 Å². The van der Waals surface area contributed by atoms with Crippen LogP contribution in [0.25, 0.3) is 0 Å². The van der Waals surface area contributed by atoms with Gasteiger partial charge in [-0.3, -0.25) is 0 Å². The molecular formula is C16H15ClOSe. The van der Waals surface area contributed by atoms with Crippen molar-refractivity contribution in [2.75, 3.05) is 0 Å². The molecule has 1 N–H and O–H groups in total. The van der Waals surface area contributed by atoms with Crippen LogP contribution in [0.4, 0.5) is 0 Å². The Morgan fingerprint density at radius 1 is 1.05 bits per heavy atom. The van der Waals surface area contributed by atoms with E-state index in [0.29, 0.717) is 20.0 Å². The van der Waals surface area contributed by atoms with Gasteiger partial charge in [-0.2, -0.15) is 0 Å². The maximum atomic E-state index is 9.99. The summed E-state index contributed by atoms with van der Waals surface area (Å²) in [5.41, 5.74) is 0.868. The molecule has 0 fully saturated rings. The molecule has 0 aliphatic heterocycles. The van der Waals surface area contributed by atoms with Gasteiger partial charge in [0.05, 0.1) is 0 Å². The molecule has 0 bridgehead atoms. The summed E-state index contributed by atoms with van der Waals surface area (Å²) in [7, 11) is 0. The zero-order valence-corrected chi connectivity index (χ0v) is 12.8. The van der Waals surface area contributed by atoms with Gasteiger partial charge in [0.1, 0.15) is 0 Å². The third-order valence-electron chi connectivity index (χ3n) is 2.62. The van der Waals surface area contributed by atoms with Crippen molar-refractivity contribution in [1.82, 2.24) is 0 Å². The molecular weight excluding hydrogens is 323 g/mol. The summed E-state index contributed by atoms with van der Waals surface area (Å²) < 4.78 is 1.38. The Labute approximate surface area is 125 Å². The van der Waals surface area contributed by atoms with E-state index in [9.17, 15) is 5.11 Å². The Balaban J connectivity index is 1.83. The summed E-state index contributed by atoms with van der Waals surface area (Å²) in [4.78, 5) is 0. The van der Waals surface area contributed by atoms with Crippen LogP contribution in [-0.4, -0.2) is 20.1 Å². The standard InChI is InChI=1S/C16H15ClOSe/c17-14-10-8-13(9-11-14)16(18)7-4-12-19-15-5-2-1-3-6-15/h1-11,16,18H,12H2/b7-4+. The molecule has 98 valence electrons. The second kappa shape index (κ2) is 7.52. The predicted octanol–water partition coefficient (Wildman–Crippen LogP) is 3.38. The minimum absolute atomic E-state index is 0.428. The van der Waals surface area contributed by atoms with Crippen LogP contribution in [-0.2, 0) is 0 Å². The molecule has 0 saturated heterocycles. The van der Waals surface area contributed by atoms with Gasteiger partial charge in [-0.15, -0.1) is 0 Å². The number of hydrogen-bond donors (Lipinski definition) is 1. The number of benzene rings is 2. The Morgan fingerprint density at radius 2 is 1.74 bits per heavy atom. The average Bonchev–Trinajstić information content (AvgIpc) is 2.45. The van der Waals surface area contributed by atoms with Gasteiger partial charge in [0.15, 0.2) is 0 Å². The topological polar surface area (TPSA) is 20.2 Å². The van der Waals surface area contributed by atoms with Gasteiger partial charge >= 0.3 is 125 Å². The summed E-state index contributed by atoms with van der Waals surface area (Å²) in [5.74, 6) is 0. The third kappa shape index (κ3) is 4.85. The number of rotatable bonds is 5. The zero-order valence-electron chi connectivity index (χ0n) is 10.4. The van der Waals surface area contributed by atoms with Crippen LogP contribution in [0.2, 0.25) is 10.3 Å². The Kier molecular flexibility index (Phi) is 5.68. The van der Waals surface area contributed by atoms with Crippen LogP contribution in [0.3, 0.4) is 0 Å². The first-order valence-electron chi connectivity index (χ1n) is 6.04. The number of halogens is 1. The number of aliphatic hydroxyl groups is 1. The fourth-order valence-electron chi connectivity index (χ4n) is 1.62. The Bertz CT molecular complexity index is 522. The SMILES string of the molecule is OC(/C=C/C[Se]c1ccccc1)c1ccc(Cl)cc1. The van der Waals surface area contributed by atoms with Gasteiger partial charge < -0.3 is 0 Å². The van der Waals surface area contributed by atoms with Crippen molar-refractivity contribution in [1.29, 1.82) is 0 Å². The Morgan fingerprint density at radius 3 is 2.42 bits per heavy atom. The van der Waals surface area contributed by atoms with E-state index < -0.39 is 6.10 Å². The fraction of sp³-hybridized carbons (Fsp3) is 0.125. The molecule has 0 radical (unpaired) electrons. The molecule has 19 heavy (non-hydrogen) atoms. The molecule has 2 rings (SSSR count). The summed E-state index contributed by atoms with van der Waals surface area (Å²) in [6, 6.07) is 17.7. The molecule has 0 aliphatic rings. The van der Waals surface area contributed by atoms with Crippen molar-refractivity contribution in [3.05, 3.63) is 77.3 Å². The molecule has 0 spiro atoms. The first-order valence-corrected chi connectivity index (χ1v) is 8.48. The molecule has 2 aromatic rings. The van der Waals surface area contributed by atoms with Gasteiger partial charge in [-0.25, -0.2) is 0 Å². The van der Waals surface area contributed by atoms with Crippen molar-refractivity contribution < 1.29 is 5.11 Å². The molecule has 1 unspecified atom stereocenters. The van der Waals surface area contributed by atoms with E-state index in [1.807, 2.05) is 30.4 Å². The molecule has 0 saturated carbocycles. The quantitative estimate of drug-likeness (QED) is 0.655. The third-order valence-corrected chi connectivity index (χ3v) is 4.90. The van der Waals surface area contributed by atoms with E-state index >= 15 is 0 Å². The van der Waals surface area contributed by atoms with E-state index in [1.54, 1.807) is 12.1 Å². The molecule has 2 aromatic carbocycles. The fourth-order valence-corrected chi connectivity index (χ4v) is 3.31. The summed E-state index contributed by atoms with van der Waals surface area (Å²) >= 11 is 6.24. The minimum atomic E-state index is -0.552. The van der Waals surface area contributed by atoms with Crippen molar-refractivity contribution in [3.63, 3.8) is 0 Å². The molecule has 1 atom stereocenters. The summed E-state index contributed by atoms with van der Waals surface area (Å²) in [6.07, 6.45) is 3.34. The van der Waals surface area contributed by atoms with Crippen LogP contribution < -0.4 is 4.46 Å². The van der Waals surface area contributed by atoms with E-state index in [1.165, 1.54) is 4.46 Å². The van der Waals surface area contributed by atoms with Crippen LogP contribution >= 0.6 is 11.6 Å². The molecule has 0 aliphatic carbocycles. The van der Waals surface area contributed by atoms with E-state index in [2.05, 4.69) is 24.3 Å². The first-order chi connectivity index (χ1) is 9.25. The molecule has 0 aromatic heterocycles. The summed E-state index contributed by atoms with van der Waals surface area (Å²) in [5, 5.41) is 11.7. The van der Waals surface area contributed by atoms with E-state index in [0.717, 1.165) is 10.9 Å². The van der Waals surface area contributed by atoms with Crippen molar-refractivity contribution in [2.45, 2.75) is 11.4 Å². The second-order valence-electron chi connectivity index (χ2n) is 4.05. The molecule has 0 amide bonds. The van der Waals surface area contributed by atoms with Crippen LogP contribution in [0.1, 0.15) is 11.7 Å².